The number of nitrogens with one attached hydrogen (secondary N) is 1. The van der Waals surface area contributed by atoms with Crippen LogP contribution >= 0.6 is 0 Å². The highest BCUT2D eigenvalue weighted by Gasteiger charge is 1.95. The molecule has 15 heavy (non-hydrogen) atoms. The maximum atomic E-state index is 10.5. The summed E-state index contributed by atoms with van der Waals surface area (Å²) >= 11 is 0. The Kier molecular flexibility index (Phi) is 5.55. The molecule has 5 heteroatoms. The van der Waals surface area contributed by atoms with E-state index < -0.39 is 6.03 Å². The van der Waals surface area contributed by atoms with Crippen LogP contribution in [0.15, 0.2) is 24.3 Å². The van der Waals surface area contributed by atoms with Crippen LogP contribution in [0.2, 0.25) is 0 Å². The van der Waals surface area contributed by atoms with E-state index in [9.17, 15) is 9.59 Å². The van der Waals surface area contributed by atoms with Gasteiger partial charge in [0.15, 0.2) is 0 Å². The summed E-state index contributed by atoms with van der Waals surface area (Å²) in [6, 6.07) is 6.67. The maximum absolute atomic E-state index is 10.5. The molecule has 0 aliphatic heterocycles. The van der Waals surface area contributed by atoms with Crippen LogP contribution in [0.25, 0.3) is 0 Å². The standard InChI is InChI=1S/C8H9NO.C2H6N2O/c1-6-2-4-7(5-3-6)8(9)10;1-4-2(3)5/h2-5H,1H3,(H2,9,10);1H3,(H3,3,4,5). The van der Waals surface area contributed by atoms with Gasteiger partial charge in [-0.05, 0) is 19.1 Å². The minimum absolute atomic E-state index is 0.375. The zero-order chi connectivity index (χ0) is 11.8. The van der Waals surface area contributed by atoms with Crippen LogP contribution in [0.3, 0.4) is 0 Å². The average Bonchev–Trinajstić information content (AvgIpc) is 2.19. The fourth-order valence-corrected chi connectivity index (χ4v) is 0.718. The van der Waals surface area contributed by atoms with E-state index in [1.165, 1.54) is 7.05 Å². The number of hydrogen-bond donors (Lipinski definition) is 3. The van der Waals surface area contributed by atoms with Gasteiger partial charge in [-0.15, -0.1) is 0 Å². The van der Waals surface area contributed by atoms with E-state index in [4.69, 9.17) is 5.73 Å². The van der Waals surface area contributed by atoms with E-state index in [1.54, 1.807) is 12.1 Å². The summed E-state index contributed by atoms with van der Waals surface area (Å²) in [5.41, 5.74) is 11.3. The van der Waals surface area contributed by atoms with Gasteiger partial charge in [0.25, 0.3) is 0 Å². The van der Waals surface area contributed by atoms with Crippen LogP contribution in [0.1, 0.15) is 15.9 Å². The average molecular weight is 209 g/mol. The molecule has 0 unspecified atom stereocenters. The predicted octanol–water partition coefficient (Wildman–Crippen LogP) is 0.378. The fraction of sp³-hybridized carbons (Fsp3) is 0.200. The Labute approximate surface area is 88.4 Å². The third-order valence-corrected chi connectivity index (χ3v) is 1.58. The predicted molar refractivity (Wildman–Crippen MR) is 58.3 cm³/mol. The molecule has 0 spiro atoms. The highest BCUT2D eigenvalue weighted by molar-refractivity contribution is 5.92. The monoisotopic (exact) mass is 209 g/mol. The first-order valence-electron chi connectivity index (χ1n) is 4.31. The van der Waals surface area contributed by atoms with E-state index in [0.717, 1.165) is 5.56 Å². The highest BCUT2D eigenvalue weighted by atomic mass is 16.2. The number of urea groups is 1. The van der Waals surface area contributed by atoms with E-state index in [-0.39, 0.29) is 5.91 Å². The number of carbonyl (C=O) groups is 2. The number of amides is 3. The van der Waals surface area contributed by atoms with E-state index in [1.807, 2.05) is 19.1 Å². The molecule has 0 bridgehead atoms. The molecule has 1 rings (SSSR count). The number of aryl methyl sites for hydroxylation is 1. The van der Waals surface area contributed by atoms with Crippen molar-refractivity contribution < 1.29 is 9.59 Å². The third-order valence-electron chi connectivity index (χ3n) is 1.58. The molecule has 1 aromatic carbocycles. The van der Waals surface area contributed by atoms with Crippen LogP contribution in [0.5, 0.6) is 0 Å². The van der Waals surface area contributed by atoms with Gasteiger partial charge in [-0.1, -0.05) is 17.7 Å². The van der Waals surface area contributed by atoms with E-state index in [0.29, 0.717) is 5.56 Å². The molecule has 5 nitrogen and oxygen atoms in total. The van der Waals surface area contributed by atoms with Crippen molar-refractivity contribution in [3.05, 3.63) is 35.4 Å². The van der Waals surface area contributed by atoms with Gasteiger partial charge < -0.3 is 16.8 Å². The Morgan fingerprint density at radius 3 is 1.80 bits per heavy atom. The first kappa shape index (κ1) is 13.0. The van der Waals surface area contributed by atoms with Gasteiger partial charge in [0.2, 0.25) is 5.91 Å². The lowest BCUT2D eigenvalue weighted by molar-refractivity contribution is 0.100. The molecular weight excluding hydrogens is 194 g/mol. The Hall–Kier alpha value is -2.04. The van der Waals surface area contributed by atoms with Crippen LogP contribution in [-0.4, -0.2) is 19.0 Å². The number of carbonyl (C=O) groups excluding carboxylic acids is 2. The summed E-state index contributed by atoms with van der Waals surface area (Å²) in [4.78, 5) is 20.0. The van der Waals surface area contributed by atoms with Gasteiger partial charge in [-0.3, -0.25) is 4.79 Å². The smallest absolute Gasteiger partial charge is 0.311 e. The van der Waals surface area contributed by atoms with Crippen molar-refractivity contribution in [3.8, 4) is 0 Å². The molecule has 0 aliphatic carbocycles. The Morgan fingerprint density at radius 1 is 1.13 bits per heavy atom. The lowest BCUT2D eigenvalue weighted by Crippen LogP contribution is -2.24. The van der Waals surface area contributed by atoms with Crippen molar-refractivity contribution in [2.45, 2.75) is 6.92 Å². The zero-order valence-corrected chi connectivity index (χ0v) is 8.78. The Balaban J connectivity index is 0.000000336. The summed E-state index contributed by atoms with van der Waals surface area (Å²) in [5.74, 6) is -0.375. The summed E-state index contributed by atoms with van der Waals surface area (Å²) in [6.45, 7) is 1.96. The molecular formula is C10H15N3O2. The number of hydrogen-bond acceptors (Lipinski definition) is 2. The molecule has 0 aliphatic rings. The van der Waals surface area contributed by atoms with Gasteiger partial charge in [-0.25, -0.2) is 4.79 Å². The van der Waals surface area contributed by atoms with E-state index in [2.05, 4.69) is 11.1 Å². The van der Waals surface area contributed by atoms with Crippen LogP contribution in [-0.2, 0) is 0 Å². The minimum atomic E-state index is -0.495. The second-order valence-electron chi connectivity index (χ2n) is 2.84. The summed E-state index contributed by atoms with van der Waals surface area (Å²) < 4.78 is 0. The van der Waals surface area contributed by atoms with Crippen molar-refractivity contribution >= 4 is 11.9 Å². The number of rotatable bonds is 1. The molecule has 0 aromatic heterocycles. The summed E-state index contributed by atoms with van der Waals surface area (Å²) in [5, 5.41) is 2.17. The molecule has 82 valence electrons. The molecule has 0 fully saturated rings. The second kappa shape index (κ2) is 6.42. The van der Waals surface area contributed by atoms with Gasteiger partial charge in [0.05, 0.1) is 0 Å². The van der Waals surface area contributed by atoms with Crippen LogP contribution < -0.4 is 16.8 Å². The summed E-state index contributed by atoms with van der Waals surface area (Å²) in [7, 11) is 1.47. The van der Waals surface area contributed by atoms with Gasteiger partial charge >= 0.3 is 6.03 Å². The van der Waals surface area contributed by atoms with Crippen molar-refractivity contribution in [1.82, 2.24) is 5.32 Å². The number of primary amides is 2. The normalized spacial score (nSPS) is 8.40. The highest BCUT2D eigenvalue weighted by Crippen LogP contribution is 2.00. The molecule has 1 aromatic rings. The number of benzene rings is 1. The molecule has 0 radical (unpaired) electrons. The minimum Gasteiger partial charge on any atom is -0.366 e. The summed E-state index contributed by atoms with van der Waals surface area (Å²) in [6.07, 6.45) is 0. The van der Waals surface area contributed by atoms with Gasteiger partial charge in [-0.2, -0.15) is 0 Å². The first-order chi connectivity index (χ1) is 6.97. The van der Waals surface area contributed by atoms with Crippen molar-refractivity contribution in [1.29, 1.82) is 0 Å². The maximum Gasteiger partial charge on any atom is 0.311 e. The van der Waals surface area contributed by atoms with Crippen molar-refractivity contribution in [3.63, 3.8) is 0 Å². The topological polar surface area (TPSA) is 98.2 Å². The SMILES string of the molecule is CNC(N)=O.Cc1ccc(C(N)=O)cc1. The largest absolute Gasteiger partial charge is 0.366 e. The van der Waals surface area contributed by atoms with E-state index >= 15 is 0 Å². The first-order valence-corrected chi connectivity index (χ1v) is 4.31. The van der Waals surface area contributed by atoms with Gasteiger partial charge in [0.1, 0.15) is 0 Å². The van der Waals surface area contributed by atoms with Crippen molar-refractivity contribution in [2.75, 3.05) is 7.05 Å². The quantitative estimate of drug-likeness (QED) is 0.623. The second-order valence-corrected chi connectivity index (χ2v) is 2.84. The lowest BCUT2D eigenvalue weighted by Gasteiger charge is -1.93. The van der Waals surface area contributed by atoms with Gasteiger partial charge in [0, 0.05) is 12.6 Å². The van der Waals surface area contributed by atoms with Crippen molar-refractivity contribution in [2.24, 2.45) is 11.5 Å². The van der Waals surface area contributed by atoms with Crippen LogP contribution in [0.4, 0.5) is 4.79 Å². The molecule has 0 saturated carbocycles. The number of nitrogens with two attached hydrogens (primary N) is 2. The van der Waals surface area contributed by atoms with Crippen LogP contribution in [0, 0.1) is 6.92 Å². The molecule has 5 N–H and O–H groups in total. The molecule has 0 atom stereocenters. The molecule has 0 heterocycles. The Bertz CT molecular complexity index is 333. The third kappa shape index (κ3) is 6.09. The zero-order valence-electron chi connectivity index (χ0n) is 8.78. The lowest BCUT2D eigenvalue weighted by atomic mass is 10.1. The molecule has 3 amide bonds. The Morgan fingerprint density at radius 2 is 1.53 bits per heavy atom. The molecule has 0 saturated heterocycles. The fourth-order valence-electron chi connectivity index (χ4n) is 0.718.